The molecule has 144 valence electrons. The molecule has 0 N–H and O–H groups in total. The van der Waals surface area contributed by atoms with Gasteiger partial charge in [-0.15, -0.1) is 0 Å². The van der Waals surface area contributed by atoms with E-state index in [1.165, 1.54) is 12.1 Å². The van der Waals surface area contributed by atoms with E-state index in [0.717, 1.165) is 22.1 Å². The average Bonchev–Trinajstić information content (AvgIpc) is 2.63. The van der Waals surface area contributed by atoms with Crippen LogP contribution >= 0.6 is 0 Å². The van der Waals surface area contributed by atoms with E-state index >= 15 is 0 Å². The van der Waals surface area contributed by atoms with Crippen LogP contribution in [-0.2, 0) is 9.53 Å². The van der Waals surface area contributed by atoms with Crippen LogP contribution in [0.4, 0.5) is 0 Å². The Morgan fingerprint density at radius 3 is 2.32 bits per heavy atom. The molecule has 0 aliphatic heterocycles. The lowest BCUT2D eigenvalue weighted by Gasteiger charge is -2.11. The summed E-state index contributed by atoms with van der Waals surface area (Å²) in [5.41, 5.74) is 3.25. The van der Waals surface area contributed by atoms with E-state index < -0.39 is 11.6 Å². The molecule has 0 spiro atoms. The van der Waals surface area contributed by atoms with Crippen LogP contribution in [-0.4, -0.2) is 25.0 Å². The van der Waals surface area contributed by atoms with Crippen LogP contribution in [0.3, 0.4) is 0 Å². The highest BCUT2D eigenvalue weighted by Gasteiger charge is 2.15. The van der Waals surface area contributed by atoms with Crippen molar-refractivity contribution in [1.82, 2.24) is 0 Å². The van der Waals surface area contributed by atoms with Crippen LogP contribution < -0.4 is 10.4 Å². The molecule has 0 saturated carbocycles. The fourth-order valence-corrected chi connectivity index (χ4v) is 3.15. The summed E-state index contributed by atoms with van der Waals surface area (Å²) >= 11 is 0. The lowest BCUT2D eigenvalue weighted by atomic mass is 9.97. The van der Waals surface area contributed by atoms with Gasteiger partial charge in [0.15, 0.2) is 13.2 Å². The molecular weight excluding hydrogens is 360 g/mol. The van der Waals surface area contributed by atoms with E-state index in [0.29, 0.717) is 16.9 Å². The summed E-state index contributed by atoms with van der Waals surface area (Å²) in [4.78, 5) is 35.6. The van der Waals surface area contributed by atoms with Crippen LogP contribution in [0.2, 0.25) is 0 Å². The van der Waals surface area contributed by atoms with Gasteiger partial charge in [0.05, 0.1) is 0 Å². The predicted molar refractivity (Wildman–Crippen MR) is 104 cm³/mol. The van der Waals surface area contributed by atoms with Gasteiger partial charge in [0.25, 0.3) is 0 Å². The maximum Gasteiger partial charge on any atom is 0.344 e. The van der Waals surface area contributed by atoms with Gasteiger partial charge in [-0.2, -0.15) is 0 Å². The number of benzene rings is 2. The van der Waals surface area contributed by atoms with Crippen LogP contribution in [0, 0.1) is 20.8 Å². The molecule has 2 aromatic carbocycles. The topological polar surface area (TPSA) is 82.8 Å². The third kappa shape index (κ3) is 4.46. The van der Waals surface area contributed by atoms with Gasteiger partial charge in [-0.05, 0) is 50.1 Å². The molecule has 0 amide bonds. The van der Waals surface area contributed by atoms with Gasteiger partial charge < -0.3 is 13.9 Å². The first-order valence-electron chi connectivity index (χ1n) is 8.77. The van der Waals surface area contributed by atoms with Gasteiger partial charge in [-0.25, -0.2) is 9.59 Å². The van der Waals surface area contributed by atoms with E-state index in [4.69, 9.17) is 13.9 Å². The molecule has 28 heavy (non-hydrogen) atoms. The van der Waals surface area contributed by atoms with E-state index in [9.17, 15) is 14.4 Å². The Balaban J connectivity index is 1.58. The lowest BCUT2D eigenvalue weighted by Crippen LogP contribution is -2.20. The molecule has 0 radical (unpaired) electrons. The molecule has 0 unspecified atom stereocenters. The number of esters is 1. The number of hydrogen-bond donors (Lipinski definition) is 0. The quantitative estimate of drug-likeness (QED) is 0.370. The normalized spacial score (nSPS) is 10.7. The molecule has 1 heterocycles. The summed E-state index contributed by atoms with van der Waals surface area (Å²) in [7, 11) is 0. The van der Waals surface area contributed by atoms with Crippen LogP contribution in [0.15, 0.2) is 51.7 Å². The Morgan fingerprint density at radius 1 is 0.929 bits per heavy atom. The lowest BCUT2D eigenvalue weighted by molar-refractivity contribution is -0.144. The van der Waals surface area contributed by atoms with Gasteiger partial charge in [0.1, 0.15) is 11.3 Å². The van der Waals surface area contributed by atoms with E-state index in [1.807, 2.05) is 32.9 Å². The molecule has 0 fully saturated rings. The minimum atomic E-state index is -0.662. The van der Waals surface area contributed by atoms with E-state index in [-0.39, 0.29) is 19.0 Å². The Bertz CT molecular complexity index is 1090. The molecule has 0 aliphatic rings. The summed E-state index contributed by atoms with van der Waals surface area (Å²) in [6.45, 7) is 4.97. The molecule has 6 nitrogen and oxygen atoms in total. The summed E-state index contributed by atoms with van der Waals surface area (Å²) in [5, 5.41) is 0.740. The molecule has 0 atom stereocenters. The zero-order chi connectivity index (χ0) is 20.3. The van der Waals surface area contributed by atoms with Crippen molar-refractivity contribution in [2.24, 2.45) is 0 Å². The Kier molecular flexibility index (Phi) is 5.59. The highest BCUT2D eigenvalue weighted by atomic mass is 16.6. The van der Waals surface area contributed by atoms with Crippen molar-refractivity contribution in [3.05, 3.63) is 75.1 Å². The van der Waals surface area contributed by atoms with Crippen LogP contribution in [0.25, 0.3) is 11.0 Å². The second-order valence-electron chi connectivity index (χ2n) is 6.60. The minimum Gasteiger partial charge on any atom is -0.482 e. The molecule has 1 aromatic heterocycles. The monoisotopic (exact) mass is 380 g/mol. The first-order chi connectivity index (χ1) is 13.3. The number of carbonyl (C=O) groups is 2. The number of fused-ring (bicyclic) bond motifs is 1. The second-order valence-corrected chi connectivity index (χ2v) is 6.60. The fourth-order valence-electron chi connectivity index (χ4n) is 3.15. The first-order valence-corrected chi connectivity index (χ1v) is 8.77. The second kappa shape index (κ2) is 8.08. The molecule has 3 rings (SSSR count). The number of Topliss-reactive ketones (excluding diaryl/α,β-unsaturated/α-hetero) is 1. The van der Waals surface area contributed by atoms with Crippen molar-refractivity contribution in [1.29, 1.82) is 0 Å². The molecule has 0 saturated heterocycles. The summed E-state index contributed by atoms with van der Waals surface area (Å²) in [5.74, 6) is -0.559. The molecule has 6 heteroatoms. The van der Waals surface area contributed by atoms with Crippen molar-refractivity contribution < 1.29 is 23.5 Å². The smallest absolute Gasteiger partial charge is 0.344 e. The highest BCUT2D eigenvalue weighted by molar-refractivity contribution is 6.00. The van der Waals surface area contributed by atoms with Gasteiger partial charge in [0, 0.05) is 23.1 Å². The van der Waals surface area contributed by atoms with Crippen molar-refractivity contribution in [3.63, 3.8) is 0 Å². The number of ketones is 1. The fraction of sp³-hybridized carbons (Fsp3) is 0.227. The summed E-state index contributed by atoms with van der Waals surface area (Å²) in [6, 6.07) is 11.7. The van der Waals surface area contributed by atoms with Crippen molar-refractivity contribution >= 4 is 22.7 Å². The maximum absolute atomic E-state index is 12.4. The average molecular weight is 380 g/mol. The largest absolute Gasteiger partial charge is 0.482 e. The highest BCUT2D eigenvalue weighted by Crippen LogP contribution is 2.20. The van der Waals surface area contributed by atoms with Crippen molar-refractivity contribution in [2.75, 3.05) is 13.2 Å². The van der Waals surface area contributed by atoms with Gasteiger partial charge in [-0.1, -0.05) is 17.7 Å². The zero-order valence-corrected chi connectivity index (χ0v) is 15.9. The van der Waals surface area contributed by atoms with Crippen LogP contribution in [0.5, 0.6) is 5.75 Å². The minimum absolute atomic E-state index is 0.254. The summed E-state index contributed by atoms with van der Waals surface area (Å²) in [6.07, 6.45) is 0. The van der Waals surface area contributed by atoms with Crippen molar-refractivity contribution in [2.45, 2.75) is 20.8 Å². The number of hydrogen-bond acceptors (Lipinski definition) is 6. The summed E-state index contributed by atoms with van der Waals surface area (Å²) < 4.78 is 15.5. The van der Waals surface area contributed by atoms with Gasteiger partial charge >= 0.3 is 11.6 Å². The standard InChI is InChI=1S/C22H20O6/c1-13-8-14(2)22(15(3)9-13)18(23)11-27-21(25)12-26-17-6-4-16-5-7-20(24)28-19(16)10-17/h4-10H,11-12H2,1-3H3. The Morgan fingerprint density at radius 2 is 1.61 bits per heavy atom. The third-order valence-electron chi connectivity index (χ3n) is 4.27. The van der Waals surface area contributed by atoms with Gasteiger partial charge in [-0.3, -0.25) is 4.79 Å². The SMILES string of the molecule is Cc1cc(C)c(C(=O)COC(=O)COc2ccc3ccc(=O)oc3c2)c(C)c1. The van der Waals surface area contributed by atoms with Crippen molar-refractivity contribution in [3.8, 4) is 5.75 Å². The number of ether oxygens (including phenoxy) is 2. The third-order valence-corrected chi connectivity index (χ3v) is 4.27. The zero-order valence-electron chi connectivity index (χ0n) is 15.9. The maximum atomic E-state index is 12.4. The number of rotatable bonds is 6. The molecular formula is C22H20O6. The van der Waals surface area contributed by atoms with Gasteiger partial charge in [0.2, 0.25) is 5.78 Å². The Hall–Kier alpha value is -3.41. The molecule has 3 aromatic rings. The number of aryl methyl sites for hydroxylation is 3. The molecule has 0 bridgehead atoms. The predicted octanol–water partition coefficient (Wildman–Crippen LogP) is 3.52. The van der Waals surface area contributed by atoms with E-state index in [1.54, 1.807) is 18.2 Å². The van der Waals surface area contributed by atoms with Crippen LogP contribution in [0.1, 0.15) is 27.0 Å². The first kappa shape index (κ1) is 19.4. The Labute approximate surface area is 161 Å². The molecule has 0 aliphatic carbocycles. The number of carbonyl (C=O) groups excluding carboxylic acids is 2. The van der Waals surface area contributed by atoms with E-state index in [2.05, 4.69) is 0 Å².